The van der Waals surface area contributed by atoms with Gasteiger partial charge in [-0.15, -0.1) is 0 Å². The van der Waals surface area contributed by atoms with Crippen molar-refractivity contribution in [2.45, 2.75) is 6.92 Å². The van der Waals surface area contributed by atoms with E-state index in [0.29, 0.717) is 10.5 Å². The predicted molar refractivity (Wildman–Crippen MR) is 91.6 cm³/mol. The highest BCUT2D eigenvalue weighted by molar-refractivity contribution is 7.71. The highest BCUT2D eigenvalue weighted by Crippen LogP contribution is 2.27. The van der Waals surface area contributed by atoms with Crippen LogP contribution in [-0.4, -0.2) is 31.2 Å². The van der Waals surface area contributed by atoms with Crippen LogP contribution >= 0.6 is 12.2 Å². The SMILES string of the molecule is CCOC(=O)c1cc(=S)n(-c2ccccc2)c(N(C)C)c1C#N. The summed E-state index contributed by atoms with van der Waals surface area (Å²) >= 11 is 5.46. The average Bonchev–Trinajstić information content (AvgIpc) is 2.54. The monoisotopic (exact) mass is 327 g/mol. The predicted octanol–water partition coefficient (Wildman–Crippen LogP) is 3.32. The molecule has 0 radical (unpaired) electrons. The summed E-state index contributed by atoms with van der Waals surface area (Å²) < 4.78 is 7.25. The summed E-state index contributed by atoms with van der Waals surface area (Å²) in [6.07, 6.45) is 0. The van der Waals surface area contributed by atoms with Crippen LogP contribution in [-0.2, 0) is 4.74 Å². The number of rotatable bonds is 4. The van der Waals surface area contributed by atoms with Gasteiger partial charge in [-0.05, 0) is 25.1 Å². The van der Waals surface area contributed by atoms with E-state index in [0.717, 1.165) is 5.69 Å². The number of hydrogen-bond donors (Lipinski definition) is 0. The van der Waals surface area contributed by atoms with E-state index in [1.165, 1.54) is 6.07 Å². The van der Waals surface area contributed by atoms with E-state index in [9.17, 15) is 10.1 Å². The van der Waals surface area contributed by atoms with Crippen LogP contribution in [0.4, 0.5) is 5.82 Å². The quantitative estimate of drug-likeness (QED) is 0.637. The molecular formula is C17H17N3O2S. The van der Waals surface area contributed by atoms with Crippen LogP contribution in [0, 0.1) is 16.0 Å². The Hall–Kier alpha value is -2.65. The van der Waals surface area contributed by atoms with E-state index >= 15 is 0 Å². The minimum Gasteiger partial charge on any atom is -0.462 e. The van der Waals surface area contributed by atoms with Crippen LogP contribution in [0.5, 0.6) is 0 Å². The van der Waals surface area contributed by atoms with E-state index in [4.69, 9.17) is 17.0 Å². The number of nitrogens with zero attached hydrogens (tertiary/aromatic N) is 3. The van der Waals surface area contributed by atoms with Crippen LogP contribution in [0.2, 0.25) is 0 Å². The van der Waals surface area contributed by atoms with Crippen LogP contribution in [0.3, 0.4) is 0 Å². The van der Waals surface area contributed by atoms with Crippen molar-refractivity contribution in [1.29, 1.82) is 5.26 Å². The average molecular weight is 327 g/mol. The fraction of sp³-hybridized carbons (Fsp3) is 0.235. The molecule has 118 valence electrons. The smallest absolute Gasteiger partial charge is 0.339 e. The lowest BCUT2D eigenvalue weighted by Gasteiger charge is -2.23. The third-order valence-electron chi connectivity index (χ3n) is 3.24. The number of ether oxygens (including phenoxy) is 1. The van der Waals surface area contributed by atoms with Gasteiger partial charge in [0.05, 0.1) is 12.2 Å². The maximum absolute atomic E-state index is 12.2. The first kappa shape index (κ1) is 16.7. The first-order valence-electron chi connectivity index (χ1n) is 7.11. The maximum atomic E-state index is 12.2. The molecule has 6 heteroatoms. The van der Waals surface area contributed by atoms with Crippen molar-refractivity contribution < 1.29 is 9.53 Å². The molecule has 2 rings (SSSR count). The van der Waals surface area contributed by atoms with Gasteiger partial charge in [-0.2, -0.15) is 5.26 Å². The topological polar surface area (TPSA) is 58.3 Å². The van der Waals surface area contributed by atoms with Gasteiger partial charge in [-0.3, -0.25) is 4.57 Å². The van der Waals surface area contributed by atoms with Crippen LogP contribution in [0.25, 0.3) is 5.69 Å². The number of para-hydroxylation sites is 1. The fourth-order valence-electron chi connectivity index (χ4n) is 2.33. The summed E-state index contributed by atoms with van der Waals surface area (Å²) in [5.74, 6) is 0.00714. The van der Waals surface area contributed by atoms with Crippen LogP contribution < -0.4 is 4.90 Å². The summed E-state index contributed by atoms with van der Waals surface area (Å²) in [5, 5.41) is 9.60. The van der Waals surface area contributed by atoms with Gasteiger partial charge in [0.15, 0.2) is 0 Å². The minimum atomic E-state index is -0.543. The second kappa shape index (κ2) is 7.07. The molecule has 5 nitrogen and oxygen atoms in total. The molecule has 0 bridgehead atoms. The number of carbonyl (C=O) groups excluding carboxylic acids is 1. The van der Waals surface area contributed by atoms with E-state index < -0.39 is 5.97 Å². The lowest BCUT2D eigenvalue weighted by atomic mass is 10.1. The zero-order valence-corrected chi connectivity index (χ0v) is 14.1. The first-order valence-corrected chi connectivity index (χ1v) is 7.52. The maximum Gasteiger partial charge on any atom is 0.339 e. The van der Waals surface area contributed by atoms with Crippen molar-refractivity contribution in [3.8, 4) is 11.8 Å². The Labute approximate surface area is 140 Å². The van der Waals surface area contributed by atoms with Crippen molar-refractivity contribution >= 4 is 24.0 Å². The summed E-state index contributed by atoms with van der Waals surface area (Å²) in [7, 11) is 3.61. The molecule has 0 aliphatic carbocycles. The van der Waals surface area contributed by atoms with Gasteiger partial charge in [0.25, 0.3) is 0 Å². The van der Waals surface area contributed by atoms with Gasteiger partial charge >= 0.3 is 5.97 Å². The molecule has 0 amide bonds. The molecule has 0 saturated heterocycles. The van der Waals surface area contributed by atoms with Crippen molar-refractivity contribution in [2.75, 3.05) is 25.6 Å². The Balaban J connectivity index is 2.83. The first-order chi connectivity index (χ1) is 11.0. The van der Waals surface area contributed by atoms with E-state index in [2.05, 4.69) is 6.07 Å². The largest absolute Gasteiger partial charge is 0.462 e. The number of benzene rings is 1. The Morgan fingerprint density at radius 2 is 2.00 bits per heavy atom. The van der Waals surface area contributed by atoms with Gasteiger partial charge in [-0.25, -0.2) is 4.79 Å². The lowest BCUT2D eigenvalue weighted by Crippen LogP contribution is -2.21. The zero-order chi connectivity index (χ0) is 17.0. The number of esters is 1. The second-order valence-electron chi connectivity index (χ2n) is 4.99. The molecule has 23 heavy (non-hydrogen) atoms. The lowest BCUT2D eigenvalue weighted by molar-refractivity contribution is 0.0526. The van der Waals surface area contributed by atoms with Crippen molar-refractivity contribution in [3.05, 3.63) is 52.2 Å². The molecule has 0 fully saturated rings. The molecular weight excluding hydrogens is 310 g/mol. The Morgan fingerprint density at radius 3 is 2.52 bits per heavy atom. The van der Waals surface area contributed by atoms with Crippen molar-refractivity contribution in [3.63, 3.8) is 0 Å². The highest BCUT2D eigenvalue weighted by Gasteiger charge is 2.22. The van der Waals surface area contributed by atoms with Gasteiger partial charge in [0.1, 0.15) is 22.1 Å². The van der Waals surface area contributed by atoms with Crippen molar-refractivity contribution in [1.82, 2.24) is 4.57 Å². The number of anilines is 1. The molecule has 0 spiro atoms. The van der Waals surface area contributed by atoms with Crippen LogP contribution in [0.15, 0.2) is 36.4 Å². The van der Waals surface area contributed by atoms with E-state index in [1.54, 1.807) is 30.5 Å². The molecule has 0 aliphatic rings. The molecule has 1 aromatic carbocycles. The molecule has 1 aromatic heterocycles. The van der Waals surface area contributed by atoms with Gasteiger partial charge in [0, 0.05) is 19.8 Å². The molecule has 0 N–H and O–H groups in total. The molecule has 0 atom stereocenters. The molecule has 0 aliphatic heterocycles. The summed E-state index contributed by atoms with van der Waals surface area (Å²) in [5.41, 5.74) is 1.26. The number of pyridine rings is 1. The Kier molecular flexibility index (Phi) is 5.14. The Bertz CT molecular complexity index is 820. The normalized spacial score (nSPS) is 10.0. The van der Waals surface area contributed by atoms with Crippen molar-refractivity contribution in [2.24, 2.45) is 0 Å². The zero-order valence-electron chi connectivity index (χ0n) is 13.2. The summed E-state index contributed by atoms with van der Waals surface area (Å²) in [6, 6.07) is 13.1. The summed E-state index contributed by atoms with van der Waals surface area (Å²) in [6.45, 7) is 1.96. The summed E-state index contributed by atoms with van der Waals surface area (Å²) in [4.78, 5) is 13.9. The van der Waals surface area contributed by atoms with E-state index in [-0.39, 0.29) is 17.7 Å². The number of nitriles is 1. The van der Waals surface area contributed by atoms with Crippen LogP contribution in [0.1, 0.15) is 22.8 Å². The standard InChI is InChI=1S/C17H17N3O2S/c1-4-22-17(21)13-10-15(23)20(12-8-6-5-7-9-12)16(19(2)3)14(13)11-18/h5-10H,4H2,1-3H3. The van der Waals surface area contributed by atoms with E-state index in [1.807, 2.05) is 30.3 Å². The molecule has 0 saturated carbocycles. The van der Waals surface area contributed by atoms with Gasteiger partial charge in [0.2, 0.25) is 0 Å². The third-order valence-corrected chi connectivity index (χ3v) is 3.54. The second-order valence-corrected chi connectivity index (χ2v) is 5.41. The Morgan fingerprint density at radius 1 is 1.35 bits per heavy atom. The molecule has 2 aromatic rings. The molecule has 1 heterocycles. The fourth-order valence-corrected chi connectivity index (χ4v) is 2.64. The highest BCUT2D eigenvalue weighted by atomic mass is 32.1. The number of aromatic nitrogens is 1. The minimum absolute atomic E-state index is 0.190. The molecule has 0 unspecified atom stereocenters. The number of carbonyl (C=O) groups is 1. The van der Waals surface area contributed by atoms with Gasteiger partial charge in [-0.1, -0.05) is 30.4 Å². The third kappa shape index (κ3) is 3.25. The number of hydrogen-bond acceptors (Lipinski definition) is 5. The van der Waals surface area contributed by atoms with Gasteiger partial charge < -0.3 is 9.64 Å².